The zero-order valence-corrected chi connectivity index (χ0v) is 13.4. The van der Waals surface area contributed by atoms with Gasteiger partial charge in [0, 0.05) is 18.0 Å². The SMILES string of the molecule is O=C1NCC(C23CC4CC(CC(C4)C2)C3)C(=O)c2ccccc21. The summed E-state index contributed by atoms with van der Waals surface area (Å²) in [7, 11) is 0. The number of benzene rings is 1. The van der Waals surface area contributed by atoms with E-state index in [-0.39, 0.29) is 23.0 Å². The molecule has 23 heavy (non-hydrogen) atoms. The Morgan fingerprint density at radius 1 is 0.870 bits per heavy atom. The van der Waals surface area contributed by atoms with Crippen LogP contribution in [0.2, 0.25) is 0 Å². The molecular formula is C20H23NO2. The van der Waals surface area contributed by atoms with Gasteiger partial charge in [-0.25, -0.2) is 0 Å². The van der Waals surface area contributed by atoms with Gasteiger partial charge in [-0.2, -0.15) is 0 Å². The van der Waals surface area contributed by atoms with Gasteiger partial charge in [0.1, 0.15) is 0 Å². The third-order valence-corrected chi connectivity index (χ3v) is 7.05. The maximum absolute atomic E-state index is 13.3. The molecule has 1 atom stereocenters. The molecular weight excluding hydrogens is 286 g/mol. The third-order valence-electron chi connectivity index (χ3n) is 7.05. The Labute approximate surface area is 136 Å². The second kappa shape index (κ2) is 4.68. The Kier molecular flexibility index (Phi) is 2.80. The Balaban J connectivity index is 1.56. The minimum atomic E-state index is -0.0822. The van der Waals surface area contributed by atoms with E-state index < -0.39 is 0 Å². The zero-order valence-electron chi connectivity index (χ0n) is 13.4. The maximum atomic E-state index is 13.3. The largest absolute Gasteiger partial charge is 0.351 e. The molecule has 4 aliphatic carbocycles. The summed E-state index contributed by atoms with van der Waals surface area (Å²) in [5.74, 6) is 2.57. The standard InChI is InChI=1S/C20H23NO2/c22-18-15-3-1-2-4-16(15)19(23)21-11-17(18)20-8-12-5-13(9-20)7-14(6-12)10-20/h1-4,12-14,17H,5-11H2,(H,21,23). The molecule has 4 fully saturated rings. The average Bonchev–Trinajstić information content (AvgIpc) is 2.65. The quantitative estimate of drug-likeness (QED) is 0.863. The lowest BCUT2D eigenvalue weighted by Crippen LogP contribution is -2.53. The van der Waals surface area contributed by atoms with Crippen LogP contribution in [0, 0.1) is 29.1 Å². The van der Waals surface area contributed by atoms with Gasteiger partial charge in [-0.15, -0.1) is 0 Å². The van der Waals surface area contributed by atoms with E-state index in [1.807, 2.05) is 18.2 Å². The fourth-order valence-electron chi connectivity index (χ4n) is 6.57. The number of amides is 1. The number of carbonyl (C=O) groups excluding carboxylic acids is 2. The monoisotopic (exact) mass is 309 g/mol. The van der Waals surface area contributed by atoms with Crippen LogP contribution < -0.4 is 5.32 Å². The summed E-state index contributed by atoms with van der Waals surface area (Å²) >= 11 is 0. The fraction of sp³-hybridized carbons (Fsp3) is 0.600. The minimum absolute atomic E-state index is 0.0245. The molecule has 5 aliphatic rings. The second-order valence-electron chi connectivity index (χ2n) is 8.45. The van der Waals surface area contributed by atoms with Gasteiger partial charge in [-0.05, 0) is 67.8 Å². The number of Topliss-reactive ketones (excluding diaryl/α,β-unsaturated/α-hetero) is 1. The predicted molar refractivity (Wildman–Crippen MR) is 87.2 cm³/mol. The molecule has 0 radical (unpaired) electrons. The van der Waals surface area contributed by atoms with Gasteiger partial charge >= 0.3 is 0 Å². The molecule has 3 heteroatoms. The minimum Gasteiger partial charge on any atom is -0.351 e. The molecule has 1 unspecified atom stereocenters. The summed E-state index contributed by atoms with van der Waals surface area (Å²) < 4.78 is 0. The molecule has 0 saturated heterocycles. The molecule has 4 bridgehead atoms. The molecule has 1 N–H and O–H groups in total. The highest BCUT2D eigenvalue weighted by Gasteiger charge is 2.56. The summed E-state index contributed by atoms with van der Waals surface area (Å²) in [6.45, 7) is 0.526. The first-order valence-electron chi connectivity index (χ1n) is 9.06. The molecule has 120 valence electrons. The van der Waals surface area contributed by atoms with Gasteiger partial charge in [0.25, 0.3) is 5.91 Å². The number of carbonyl (C=O) groups is 2. The molecule has 3 nitrogen and oxygen atoms in total. The van der Waals surface area contributed by atoms with Crippen molar-refractivity contribution in [3.05, 3.63) is 35.4 Å². The van der Waals surface area contributed by atoms with Crippen molar-refractivity contribution < 1.29 is 9.59 Å². The van der Waals surface area contributed by atoms with E-state index in [2.05, 4.69) is 5.32 Å². The first kappa shape index (κ1) is 13.8. The lowest BCUT2D eigenvalue weighted by Gasteiger charge is -2.59. The molecule has 0 spiro atoms. The Morgan fingerprint density at radius 2 is 1.43 bits per heavy atom. The van der Waals surface area contributed by atoms with Crippen LogP contribution in [0.25, 0.3) is 0 Å². The van der Waals surface area contributed by atoms with Crippen molar-refractivity contribution in [1.82, 2.24) is 5.32 Å². The molecule has 1 aliphatic heterocycles. The number of nitrogens with one attached hydrogen (secondary N) is 1. The number of hydrogen-bond donors (Lipinski definition) is 1. The molecule has 6 rings (SSSR count). The topological polar surface area (TPSA) is 46.2 Å². The predicted octanol–water partition coefficient (Wildman–Crippen LogP) is 3.45. The van der Waals surface area contributed by atoms with Gasteiger partial charge in [0.2, 0.25) is 0 Å². The van der Waals surface area contributed by atoms with Crippen LogP contribution in [0.5, 0.6) is 0 Å². The summed E-state index contributed by atoms with van der Waals surface area (Å²) in [6, 6.07) is 7.35. The third kappa shape index (κ3) is 1.95. The Hall–Kier alpha value is -1.64. The molecule has 4 saturated carbocycles. The number of ketones is 1. The van der Waals surface area contributed by atoms with Gasteiger partial charge < -0.3 is 5.32 Å². The molecule has 0 aromatic heterocycles. The first-order valence-corrected chi connectivity index (χ1v) is 9.06. The Bertz CT molecular complexity index is 657. The lowest BCUT2D eigenvalue weighted by molar-refractivity contribution is -0.0771. The van der Waals surface area contributed by atoms with E-state index in [1.54, 1.807) is 6.07 Å². The van der Waals surface area contributed by atoms with E-state index in [0.717, 1.165) is 17.8 Å². The van der Waals surface area contributed by atoms with Crippen molar-refractivity contribution in [2.24, 2.45) is 29.1 Å². The van der Waals surface area contributed by atoms with E-state index in [9.17, 15) is 9.59 Å². The Morgan fingerprint density at radius 3 is 2.04 bits per heavy atom. The van der Waals surface area contributed by atoms with E-state index >= 15 is 0 Å². The van der Waals surface area contributed by atoms with Gasteiger partial charge in [-0.1, -0.05) is 18.2 Å². The van der Waals surface area contributed by atoms with Gasteiger partial charge in [0.05, 0.1) is 5.56 Å². The number of fused-ring (bicyclic) bond motifs is 1. The molecule has 1 aromatic carbocycles. The highest BCUT2D eigenvalue weighted by Crippen LogP contribution is 2.63. The van der Waals surface area contributed by atoms with Crippen LogP contribution >= 0.6 is 0 Å². The van der Waals surface area contributed by atoms with Gasteiger partial charge in [0.15, 0.2) is 5.78 Å². The highest BCUT2D eigenvalue weighted by atomic mass is 16.2. The smallest absolute Gasteiger partial charge is 0.252 e. The number of hydrogen-bond acceptors (Lipinski definition) is 2. The molecule has 1 amide bonds. The van der Waals surface area contributed by atoms with E-state index in [0.29, 0.717) is 17.7 Å². The molecule has 1 heterocycles. The van der Waals surface area contributed by atoms with Crippen LogP contribution in [-0.4, -0.2) is 18.2 Å². The van der Waals surface area contributed by atoms with Crippen LogP contribution in [-0.2, 0) is 0 Å². The zero-order chi connectivity index (χ0) is 15.6. The second-order valence-corrected chi connectivity index (χ2v) is 8.45. The fourth-order valence-corrected chi connectivity index (χ4v) is 6.57. The lowest BCUT2D eigenvalue weighted by atomic mass is 9.46. The maximum Gasteiger partial charge on any atom is 0.252 e. The first-order chi connectivity index (χ1) is 11.1. The summed E-state index contributed by atoms with van der Waals surface area (Å²) in [5, 5.41) is 3.05. The van der Waals surface area contributed by atoms with Crippen molar-refractivity contribution in [1.29, 1.82) is 0 Å². The number of rotatable bonds is 1. The van der Waals surface area contributed by atoms with Crippen molar-refractivity contribution >= 4 is 11.7 Å². The van der Waals surface area contributed by atoms with Crippen molar-refractivity contribution in [3.8, 4) is 0 Å². The molecule has 1 aromatic rings. The van der Waals surface area contributed by atoms with Gasteiger partial charge in [-0.3, -0.25) is 9.59 Å². The average molecular weight is 309 g/mol. The summed E-state index contributed by atoms with van der Waals surface area (Å²) in [4.78, 5) is 25.7. The summed E-state index contributed by atoms with van der Waals surface area (Å²) in [5.41, 5.74) is 1.35. The van der Waals surface area contributed by atoms with Crippen LogP contribution in [0.15, 0.2) is 24.3 Å². The van der Waals surface area contributed by atoms with Crippen LogP contribution in [0.4, 0.5) is 0 Å². The summed E-state index contributed by atoms with van der Waals surface area (Å²) in [6.07, 6.45) is 7.74. The van der Waals surface area contributed by atoms with E-state index in [4.69, 9.17) is 0 Å². The van der Waals surface area contributed by atoms with E-state index in [1.165, 1.54) is 38.5 Å². The normalized spacial score (nSPS) is 41.4. The van der Waals surface area contributed by atoms with Crippen molar-refractivity contribution in [2.75, 3.05) is 6.54 Å². The highest BCUT2D eigenvalue weighted by molar-refractivity contribution is 6.10. The van der Waals surface area contributed by atoms with Crippen LogP contribution in [0.1, 0.15) is 59.2 Å². The van der Waals surface area contributed by atoms with Crippen LogP contribution in [0.3, 0.4) is 0 Å². The van der Waals surface area contributed by atoms with Crippen molar-refractivity contribution in [3.63, 3.8) is 0 Å². The van der Waals surface area contributed by atoms with Crippen molar-refractivity contribution in [2.45, 2.75) is 38.5 Å².